The molecule has 60 valence electrons. The lowest BCUT2D eigenvalue weighted by Crippen LogP contribution is -2.54. The van der Waals surface area contributed by atoms with E-state index < -0.39 is 11.5 Å². The minimum Gasteiger partial charge on any atom is -0.480 e. The summed E-state index contributed by atoms with van der Waals surface area (Å²) in [7, 11) is 1.68. The molecule has 0 aromatic carbocycles. The van der Waals surface area contributed by atoms with Crippen LogP contribution in [0.1, 0.15) is 13.3 Å². The normalized spacial score (nSPS) is 16.3. The molecule has 0 radical (unpaired) electrons. The van der Waals surface area contributed by atoms with Crippen molar-refractivity contribution in [2.75, 3.05) is 13.6 Å². The molecule has 4 nitrogen and oxygen atoms in total. The fourth-order valence-corrected chi connectivity index (χ4v) is 0.667. The van der Waals surface area contributed by atoms with Gasteiger partial charge in [0.25, 0.3) is 0 Å². The van der Waals surface area contributed by atoms with Crippen LogP contribution in [0.2, 0.25) is 0 Å². The van der Waals surface area contributed by atoms with Crippen LogP contribution in [-0.2, 0) is 4.79 Å². The molecule has 1 atom stereocenters. The second-order valence-corrected chi connectivity index (χ2v) is 2.35. The Morgan fingerprint density at radius 2 is 2.30 bits per heavy atom. The fraction of sp³-hybridized carbons (Fsp3) is 0.833. The number of rotatable bonds is 4. The van der Waals surface area contributed by atoms with E-state index in [0.29, 0.717) is 13.0 Å². The number of hydrogen-bond donors (Lipinski definition) is 3. The summed E-state index contributed by atoms with van der Waals surface area (Å²) in [5, 5.41) is 11.3. The highest BCUT2D eigenvalue weighted by Gasteiger charge is 2.30. The van der Waals surface area contributed by atoms with E-state index in [1.807, 2.05) is 0 Å². The van der Waals surface area contributed by atoms with E-state index in [0.717, 1.165) is 0 Å². The van der Waals surface area contributed by atoms with Crippen molar-refractivity contribution >= 4 is 5.97 Å². The lowest BCUT2D eigenvalue weighted by Gasteiger charge is -2.21. The molecule has 0 saturated heterocycles. The molecule has 4 heteroatoms. The molecule has 0 aliphatic carbocycles. The number of nitrogens with one attached hydrogen (secondary N) is 1. The molecule has 0 aromatic heterocycles. The van der Waals surface area contributed by atoms with E-state index in [9.17, 15) is 4.79 Å². The molecule has 0 fully saturated rings. The molecule has 0 aromatic rings. The zero-order chi connectivity index (χ0) is 8.20. The Hall–Kier alpha value is -0.610. The molecule has 0 aliphatic rings. The van der Waals surface area contributed by atoms with Gasteiger partial charge in [-0.05, 0) is 13.5 Å². The molecular formula is C6H14N2O2. The van der Waals surface area contributed by atoms with Crippen LogP contribution in [0, 0.1) is 0 Å². The summed E-state index contributed by atoms with van der Waals surface area (Å²) in [6, 6.07) is 0. The lowest BCUT2D eigenvalue weighted by atomic mass is 9.98. The number of likely N-dealkylation sites (N-methyl/N-ethyl adjacent to an activating group) is 1. The van der Waals surface area contributed by atoms with Crippen LogP contribution < -0.4 is 11.1 Å². The predicted octanol–water partition coefficient (Wildman–Crippen LogP) is -0.602. The van der Waals surface area contributed by atoms with Crippen LogP contribution in [0.4, 0.5) is 0 Å². The van der Waals surface area contributed by atoms with Crippen molar-refractivity contribution in [3.05, 3.63) is 0 Å². The molecule has 0 heterocycles. The van der Waals surface area contributed by atoms with Gasteiger partial charge in [-0.3, -0.25) is 4.79 Å². The van der Waals surface area contributed by atoms with Gasteiger partial charge in [0.2, 0.25) is 0 Å². The molecule has 0 saturated carbocycles. The quantitative estimate of drug-likeness (QED) is 0.495. The molecule has 0 spiro atoms. The van der Waals surface area contributed by atoms with Gasteiger partial charge in [-0.2, -0.15) is 0 Å². The Kier molecular flexibility index (Phi) is 3.32. The van der Waals surface area contributed by atoms with Gasteiger partial charge in [-0.25, -0.2) is 0 Å². The number of carbonyl (C=O) groups is 1. The van der Waals surface area contributed by atoms with Gasteiger partial charge in [0.05, 0.1) is 0 Å². The zero-order valence-corrected chi connectivity index (χ0v) is 6.35. The van der Waals surface area contributed by atoms with Crippen molar-refractivity contribution < 1.29 is 9.90 Å². The predicted molar refractivity (Wildman–Crippen MR) is 38.8 cm³/mol. The maximum absolute atomic E-state index is 10.5. The molecular weight excluding hydrogens is 132 g/mol. The first-order valence-corrected chi connectivity index (χ1v) is 3.23. The first-order chi connectivity index (χ1) is 4.56. The smallest absolute Gasteiger partial charge is 0.324 e. The third kappa shape index (κ3) is 1.97. The summed E-state index contributed by atoms with van der Waals surface area (Å²) in [6.45, 7) is 2.06. The SMILES string of the molecule is CCC(N)(CNC)C(=O)O. The molecule has 0 bridgehead atoms. The summed E-state index contributed by atoms with van der Waals surface area (Å²) in [5.74, 6) is -0.954. The van der Waals surface area contributed by atoms with Crippen molar-refractivity contribution in [3.8, 4) is 0 Å². The summed E-state index contributed by atoms with van der Waals surface area (Å²) >= 11 is 0. The lowest BCUT2D eigenvalue weighted by molar-refractivity contribution is -0.143. The summed E-state index contributed by atoms with van der Waals surface area (Å²) in [6.07, 6.45) is 0.434. The first kappa shape index (κ1) is 9.39. The second kappa shape index (κ2) is 3.53. The van der Waals surface area contributed by atoms with Crippen molar-refractivity contribution in [1.82, 2.24) is 5.32 Å². The maximum atomic E-state index is 10.5. The van der Waals surface area contributed by atoms with Crippen LogP contribution in [0.25, 0.3) is 0 Å². The van der Waals surface area contributed by atoms with Crippen molar-refractivity contribution in [2.45, 2.75) is 18.9 Å². The number of carboxylic acids is 1. The van der Waals surface area contributed by atoms with E-state index in [1.165, 1.54) is 0 Å². The van der Waals surface area contributed by atoms with E-state index in [1.54, 1.807) is 14.0 Å². The Labute approximate surface area is 60.4 Å². The largest absolute Gasteiger partial charge is 0.480 e. The van der Waals surface area contributed by atoms with Crippen LogP contribution in [-0.4, -0.2) is 30.2 Å². The van der Waals surface area contributed by atoms with Crippen molar-refractivity contribution in [2.24, 2.45) is 5.73 Å². The van der Waals surface area contributed by atoms with Crippen molar-refractivity contribution in [1.29, 1.82) is 0 Å². The van der Waals surface area contributed by atoms with Crippen LogP contribution in [0.15, 0.2) is 0 Å². The monoisotopic (exact) mass is 146 g/mol. The molecule has 4 N–H and O–H groups in total. The fourth-order valence-electron chi connectivity index (χ4n) is 0.667. The van der Waals surface area contributed by atoms with E-state index in [4.69, 9.17) is 10.8 Å². The summed E-state index contributed by atoms with van der Waals surface area (Å²) < 4.78 is 0. The van der Waals surface area contributed by atoms with E-state index >= 15 is 0 Å². The Morgan fingerprint density at radius 1 is 1.80 bits per heavy atom. The number of carboxylic acid groups (broad SMARTS) is 1. The zero-order valence-electron chi connectivity index (χ0n) is 6.35. The standard InChI is InChI=1S/C6H14N2O2/c1-3-6(7,4-8-2)5(9)10/h8H,3-4,7H2,1-2H3,(H,9,10). The Morgan fingerprint density at radius 3 is 2.40 bits per heavy atom. The Balaban J connectivity index is 4.08. The van der Waals surface area contributed by atoms with E-state index in [2.05, 4.69) is 5.32 Å². The maximum Gasteiger partial charge on any atom is 0.324 e. The third-order valence-electron chi connectivity index (χ3n) is 1.55. The molecule has 0 rings (SSSR count). The average molecular weight is 146 g/mol. The highest BCUT2D eigenvalue weighted by atomic mass is 16.4. The number of nitrogens with two attached hydrogens (primary N) is 1. The topological polar surface area (TPSA) is 75.3 Å². The van der Waals surface area contributed by atoms with Gasteiger partial charge < -0.3 is 16.2 Å². The van der Waals surface area contributed by atoms with Gasteiger partial charge in [0.15, 0.2) is 0 Å². The molecule has 0 amide bonds. The highest BCUT2D eigenvalue weighted by Crippen LogP contribution is 2.03. The Bertz CT molecular complexity index is 127. The summed E-state index contributed by atoms with van der Waals surface area (Å²) in [4.78, 5) is 10.5. The average Bonchev–Trinajstić information content (AvgIpc) is 1.88. The van der Waals surface area contributed by atoms with Gasteiger partial charge in [-0.15, -0.1) is 0 Å². The number of aliphatic carboxylic acids is 1. The molecule has 1 unspecified atom stereocenters. The minimum absolute atomic E-state index is 0.304. The minimum atomic E-state index is -1.10. The van der Waals surface area contributed by atoms with Crippen LogP contribution >= 0.6 is 0 Å². The summed E-state index contributed by atoms with van der Waals surface area (Å²) in [5.41, 5.74) is 4.39. The first-order valence-electron chi connectivity index (χ1n) is 3.23. The van der Waals surface area contributed by atoms with Gasteiger partial charge in [-0.1, -0.05) is 6.92 Å². The van der Waals surface area contributed by atoms with Gasteiger partial charge >= 0.3 is 5.97 Å². The number of hydrogen-bond acceptors (Lipinski definition) is 3. The molecule has 0 aliphatic heterocycles. The molecule has 10 heavy (non-hydrogen) atoms. The van der Waals surface area contributed by atoms with Gasteiger partial charge in [0.1, 0.15) is 5.54 Å². The second-order valence-electron chi connectivity index (χ2n) is 2.35. The van der Waals surface area contributed by atoms with Crippen LogP contribution in [0.3, 0.4) is 0 Å². The van der Waals surface area contributed by atoms with Crippen molar-refractivity contribution in [3.63, 3.8) is 0 Å². The third-order valence-corrected chi connectivity index (χ3v) is 1.55. The van der Waals surface area contributed by atoms with Crippen LogP contribution in [0.5, 0.6) is 0 Å². The highest BCUT2D eigenvalue weighted by molar-refractivity contribution is 5.78. The van der Waals surface area contributed by atoms with E-state index in [-0.39, 0.29) is 0 Å². The van der Waals surface area contributed by atoms with Gasteiger partial charge in [0, 0.05) is 6.54 Å².